The molecule has 1 aromatic carbocycles. The van der Waals surface area contributed by atoms with Gasteiger partial charge in [-0.25, -0.2) is 4.79 Å². The molecular weight excluding hydrogens is 250 g/mol. The normalized spacial score (nSPS) is 25.4. The molecule has 0 aromatic heterocycles. The van der Waals surface area contributed by atoms with Gasteiger partial charge in [-0.2, -0.15) is 0 Å². The molecule has 2 bridgehead atoms. The minimum atomic E-state index is 0.0997. The lowest BCUT2D eigenvalue weighted by molar-refractivity contribution is 0.176. The molecule has 0 aliphatic carbocycles. The van der Waals surface area contributed by atoms with E-state index in [2.05, 4.69) is 40.7 Å². The van der Waals surface area contributed by atoms with E-state index in [0.29, 0.717) is 18.6 Å². The number of nitrogens with one attached hydrogen (secondary N) is 2. The zero-order chi connectivity index (χ0) is 13.9. The predicted octanol–water partition coefficient (Wildman–Crippen LogP) is 2.03. The number of carbonyl (C=O) groups excluding carboxylic acids is 1. The average Bonchev–Trinajstić information content (AvgIpc) is 2.69. The number of aryl methyl sites for hydroxylation is 1. The smallest absolute Gasteiger partial charge is 0.318 e. The summed E-state index contributed by atoms with van der Waals surface area (Å²) in [4.78, 5) is 14.5. The van der Waals surface area contributed by atoms with E-state index < -0.39 is 0 Å². The first-order chi connectivity index (χ1) is 9.74. The molecule has 108 valence electrons. The highest BCUT2D eigenvalue weighted by Gasteiger charge is 2.37. The Morgan fingerprint density at radius 3 is 3.05 bits per heavy atom. The molecule has 2 amide bonds. The molecule has 2 heterocycles. The summed E-state index contributed by atoms with van der Waals surface area (Å²) in [5.41, 5.74) is 2.40. The first-order valence-corrected chi connectivity index (χ1v) is 7.56. The summed E-state index contributed by atoms with van der Waals surface area (Å²) in [5, 5.41) is 6.51. The highest BCUT2D eigenvalue weighted by atomic mass is 16.2. The van der Waals surface area contributed by atoms with Crippen molar-refractivity contribution >= 4 is 6.03 Å². The fourth-order valence-corrected chi connectivity index (χ4v) is 3.40. The molecule has 0 saturated carbocycles. The lowest BCUT2D eigenvalue weighted by Gasteiger charge is -2.28. The van der Waals surface area contributed by atoms with E-state index >= 15 is 0 Å². The molecule has 2 saturated heterocycles. The maximum absolute atomic E-state index is 12.5. The van der Waals surface area contributed by atoms with Crippen LogP contribution in [-0.4, -0.2) is 36.1 Å². The van der Waals surface area contributed by atoms with Gasteiger partial charge >= 0.3 is 6.03 Å². The maximum atomic E-state index is 12.5. The van der Waals surface area contributed by atoms with Crippen LogP contribution in [-0.2, 0) is 6.54 Å². The zero-order valence-corrected chi connectivity index (χ0v) is 12.1. The second-order valence-corrected chi connectivity index (χ2v) is 5.93. The molecular formula is C16H23N3O. The summed E-state index contributed by atoms with van der Waals surface area (Å²) >= 11 is 0. The number of amides is 2. The van der Waals surface area contributed by atoms with Crippen LogP contribution in [0.15, 0.2) is 24.3 Å². The van der Waals surface area contributed by atoms with Crippen LogP contribution in [0.4, 0.5) is 4.79 Å². The van der Waals surface area contributed by atoms with Crippen molar-refractivity contribution in [2.75, 3.05) is 13.1 Å². The van der Waals surface area contributed by atoms with Crippen molar-refractivity contribution in [2.45, 2.75) is 44.8 Å². The Hall–Kier alpha value is -1.55. The predicted molar refractivity (Wildman–Crippen MR) is 79.6 cm³/mol. The molecule has 2 N–H and O–H groups in total. The number of nitrogens with zero attached hydrogens (tertiary/aromatic N) is 1. The number of urea groups is 1. The van der Waals surface area contributed by atoms with Crippen LogP contribution in [0.25, 0.3) is 0 Å². The van der Waals surface area contributed by atoms with Crippen LogP contribution in [0.2, 0.25) is 0 Å². The van der Waals surface area contributed by atoms with Gasteiger partial charge in [-0.3, -0.25) is 0 Å². The van der Waals surface area contributed by atoms with Crippen molar-refractivity contribution in [1.29, 1.82) is 0 Å². The Morgan fingerprint density at radius 2 is 2.20 bits per heavy atom. The van der Waals surface area contributed by atoms with E-state index in [1.54, 1.807) is 0 Å². The molecule has 3 rings (SSSR count). The standard InChI is InChI=1S/C16H23N3O/c1-12-3-2-4-13(9-12)10-18-16(20)19-14-5-6-15(19)11-17-8-7-14/h2-4,9,14-15,17H,5-8,10-11H2,1H3,(H,18,20). The first-order valence-electron chi connectivity index (χ1n) is 7.56. The quantitative estimate of drug-likeness (QED) is 0.866. The third-order valence-corrected chi connectivity index (χ3v) is 4.41. The van der Waals surface area contributed by atoms with E-state index in [1.165, 1.54) is 11.1 Å². The Labute approximate surface area is 120 Å². The summed E-state index contributed by atoms with van der Waals surface area (Å²) in [5.74, 6) is 0. The van der Waals surface area contributed by atoms with E-state index in [0.717, 1.165) is 32.4 Å². The van der Waals surface area contributed by atoms with Crippen molar-refractivity contribution in [3.63, 3.8) is 0 Å². The number of hydrogen-bond donors (Lipinski definition) is 2. The van der Waals surface area contributed by atoms with Gasteiger partial charge in [0.1, 0.15) is 0 Å². The van der Waals surface area contributed by atoms with Crippen LogP contribution in [0, 0.1) is 6.92 Å². The van der Waals surface area contributed by atoms with Crippen molar-refractivity contribution in [3.05, 3.63) is 35.4 Å². The van der Waals surface area contributed by atoms with E-state index in [4.69, 9.17) is 0 Å². The van der Waals surface area contributed by atoms with E-state index in [9.17, 15) is 4.79 Å². The first kappa shape index (κ1) is 13.4. The highest BCUT2D eigenvalue weighted by Crippen LogP contribution is 2.27. The van der Waals surface area contributed by atoms with Crippen molar-refractivity contribution < 1.29 is 4.79 Å². The third kappa shape index (κ3) is 2.80. The largest absolute Gasteiger partial charge is 0.334 e. The van der Waals surface area contributed by atoms with Crippen LogP contribution in [0.1, 0.15) is 30.4 Å². The van der Waals surface area contributed by atoms with Gasteiger partial charge in [0.25, 0.3) is 0 Å². The molecule has 20 heavy (non-hydrogen) atoms. The summed E-state index contributed by atoms with van der Waals surface area (Å²) < 4.78 is 0. The van der Waals surface area contributed by atoms with E-state index in [-0.39, 0.29) is 6.03 Å². The van der Waals surface area contributed by atoms with Gasteiger partial charge in [0.15, 0.2) is 0 Å². The van der Waals surface area contributed by atoms with Gasteiger partial charge in [0.05, 0.1) is 0 Å². The fourth-order valence-electron chi connectivity index (χ4n) is 3.40. The summed E-state index contributed by atoms with van der Waals surface area (Å²) in [7, 11) is 0. The van der Waals surface area contributed by atoms with Crippen LogP contribution < -0.4 is 10.6 Å². The molecule has 2 aliphatic rings. The second-order valence-electron chi connectivity index (χ2n) is 5.93. The molecule has 2 unspecified atom stereocenters. The maximum Gasteiger partial charge on any atom is 0.318 e. The molecule has 4 heteroatoms. The topological polar surface area (TPSA) is 44.4 Å². The lowest BCUT2D eigenvalue weighted by atomic mass is 10.1. The van der Waals surface area contributed by atoms with Gasteiger partial charge < -0.3 is 15.5 Å². The number of carbonyl (C=O) groups is 1. The number of benzene rings is 1. The lowest BCUT2D eigenvalue weighted by Crippen LogP contribution is -2.47. The molecule has 0 spiro atoms. The van der Waals surface area contributed by atoms with E-state index in [1.807, 2.05) is 6.07 Å². The Balaban J connectivity index is 1.61. The average molecular weight is 273 g/mol. The molecule has 2 atom stereocenters. The monoisotopic (exact) mass is 273 g/mol. The molecule has 2 fully saturated rings. The van der Waals surface area contributed by atoms with Crippen molar-refractivity contribution in [3.8, 4) is 0 Å². The number of hydrogen-bond acceptors (Lipinski definition) is 2. The minimum Gasteiger partial charge on any atom is -0.334 e. The van der Waals surface area contributed by atoms with Gasteiger partial charge in [-0.15, -0.1) is 0 Å². The van der Waals surface area contributed by atoms with Crippen LogP contribution in [0.3, 0.4) is 0 Å². The second kappa shape index (κ2) is 5.83. The van der Waals surface area contributed by atoms with Gasteiger partial charge in [0.2, 0.25) is 0 Å². The molecule has 0 radical (unpaired) electrons. The Morgan fingerprint density at radius 1 is 1.35 bits per heavy atom. The zero-order valence-electron chi connectivity index (χ0n) is 12.1. The number of fused-ring (bicyclic) bond motifs is 2. The molecule has 1 aromatic rings. The van der Waals surface area contributed by atoms with Crippen molar-refractivity contribution in [2.24, 2.45) is 0 Å². The Bertz CT molecular complexity index is 474. The number of rotatable bonds is 2. The van der Waals surface area contributed by atoms with Crippen LogP contribution >= 0.6 is 0 Å². The highest BCUT2D eigenvalue weighted by molar-refractivity contribution is 5.75. The van der Waals surface area contributed by atoms with Crippen LogP contribution in [0.5, 0.6) is 0 Å². The molecule has 2 aliphatic heterocycles. The Kier molecular flexibility index (Phi) is 3.92. The van der Waals surface area contributed by atoms with Gasteiger partial charge in [-0.05, 0) is 38.3 Å². The summed E-state index contributed by atoms with van der Waals surface area (Å²) in [6.07, 6.45) is 3.37. The summed E-state index contributed by atoms with van der Waals surface area (Å²) in [6.45, 7) is 4.66. The minimum absolute atomic E-state index is 0.0997. The van der Waals surface area contributed by atoms with Crippen molar-refractivity contribution in [1.82, 2.24) is 15.5 Å². The molecule has 4 nitrogen and oxygen atoms in total. The fraction of sp³-hybridized carbons (Fsp3) is 0.562. The van der Waals surface area contributed by atoms with Gasteiger partial charge in [-0.1, -0.05) is 29.8 Å². The van der Waals surface area contributed by atoms with Gasteiger partial charge in [0, 0.05) is 25.2 Å². The summed E-state index contributed by atoms with van der Waals surface area (Å²) in [6, 6.07) is 9.20. The SMILES string of the molecule is Cc1cccc(CNC(=O)N2C3CCNCC2CC3)c1. The third-order valence-electron chi connectivity index (χ3n) is 4.41.